The number of methoxy groups -OCH3 is 1. The molecule has 0 saturated carbocycles. The molecule has 0 fully saturated rings. The SMILES string of the molecule is CCCNCc1cc(OC)ccc1OC(C)C(=O)OCC. The van der Waals surface area contributed by atoms with Gasteiger partial charge in [0.05, 0.1) is 13.7 Å². The van der Waals surface area contributed by atoms with Gasteiger partial charge in [-0.15, -0.1) is 0 Å². The monoisotopic (exact) mass is 295 g/mol. The van der Waals surface area contributed by atoms with E-state index in [2.05, 4.69) is 12.2 Å². The second-order valence-corrected chi connectivity index (χ2v) is 4.66. The molecule has 0 radical (unpaired) electrons. The fourth-order valence-electron chi connectivity index (χ4n) is 1.83. The molecule has 1 aromatic carbocycles. The number of benzene rings is 1. The van der Waals surface area contributed by atoms with Crippen molar-refractivity contribution in [2.75, 3.05) is 20.3 Å². The lowest BCUT2D eigenvalue weighted by Gasteiger charge is -2.17. The second-order valence-electron chi connectivity index (χ2n) is 4.66. The Labute approximate surface area is 126 Å². The normalized spacial score (nSPS) is 11.8. The minimum atomic E-state index is -0.636. The zero-order chi connectivity index (χ0) is 15.7. The van der Waals surface area contributed by atoms with Gasteiger partial charge in [-0.2, -0.15) is 0 Å². The molecule has 0 spiro atoms. The van der Waals surface area contributed by atoms with E-state index in [1.54, 1.807) is 21.0 Å². The fraction of sp³-hybridized carbons (Fsp3) is 0.562. The van der Waals surface area contributed by atoms with Gasteiger partial charge in [0.25, 0.3) is 0 Å². The van der Waals surface area contributed by atoms with Gasteiger partial charge in [0.2, 0.25) is 0 Å². The molecule has 1 atom stereocenters. The Morgan fingerprint density at radius 1 is 1.33 bits per heavy atom. The number of rotatable bonds is 9. The van der Waals surface area contributed by atoms with Gasteiger partial charge < -0.3 is 19.5 Å². The van der Waals surface area contributed by atoms with Crippen LogP contribution in [0.4, 0.5) is 0 Å². The minimum absolute atomic E-state index is 0.347. The third-order valence-corrected chi connectivity index (χ3v) is 2.93. The number of esters is 1. The Morgan fingerprint density at radius 3 is 2.71 bits per heavy atom. The van der Waals surface area contributed by atoms with Gasteiger partial charge in [0.15, 0.2) is 6.10 Å². The van der Waals surface area contributed by atoms with E-state index in [1.807, 2.05) is 18.2 Å². The van der Waals surface area contributed by atoms with Crippen molar-refractivity contribution in [3.63, 3.8) is 0 Å². The first-order valence-electron chi connectivity index (χ1n) is 7.33. The lowest BCUT2D eigenvalue weighted by Crippen LogP contribution is -2.27. The molecule has 0 aliphatic carbocycles. The molecular formula is C16H25NO4. The molecule has 5 heteroatoms. The summed E-state index contributed by atoms with van der Waals surface area (Å²) in [5.74, 6) is 1.07. The maximum absolute atomic E-state index is 11.7. The lowest BCUT2D eigenvalue weighted by atomic mass is 10.2. The average molecular weight is 295 g/mol. The highest BCUT2D eigenvalue weighted by atomic mass is 16.6. The molecule has 0 aliphatic heterocycles. The quantitative estimate of drug-likeness (QED) is 0.560. The highest BCUT2D eigenvalue weighted by Gasteiger charge is 2.17. The van der Waals surface area contributed by atoms with Crippen molar-refractivity contribution >= 4 is 5.97 Å². The minimum Gasteiger partial charge on any atom is -0.497 e. The molecule has 0 aliphatic rings. The lowest BCUT2D eigenvalue weighted by molar-refractivity contribution is -0.150. The third kappa shape index (κ3) is 5.63. The van der Waals surface area contributed by atoms with Crippen LogP contribution in [-0.4, -0.2) is 32.3 Å². The molecule has 1 N–H and O–H groups in total. The number of hydrogen-bond acceptors (Lipinski definition) is 5. The summed E-state index contributed by atoms with van der Waals surface area (Å²) in [6, 6.07) is 5.55. The molecule has 21 heavy (non-hydrogen) atoms. The first-order valence-corrected chi connectivity index (χ1v) is 7.33. The smallest absolute Gasteiger partial charge is 0.347 e. The van der Waals surface area contributed by atoms with E-state index in [9.17, 15) is 4.79 Å². The van der Waals surface area contributed by atoms with Crippen molar-refractivity contribution in [3.05, 3.63) is 23.8 Å². The molecule has 1 rings (SSSR count). The molecule has 118 valence electrons. The van der Waals surface area contributed by atoms with E-state index in [-0.39, 0.29) is 5.97 Å². The van der Waals surface area contributed by atoms with Crippen LogP contribution in [0.2, 0.25) is 0 Å². The topological polar surface area (TPSA) is 56.8 Å². The van der Waals surface area contributed by atoms with Crippen LogP contribution in [0.3, 0.4) is 0 Å². The van der Waals surface area contributed by atoms with E-state index in [0.29, 0.717) is 18.9 Å². The molecule has 0 aromatic heterocycles. The average Bonchev–Trinajstić information content (AvgIpc) is 2.49. The largest absolute Gasteiger partial charge is 0.497 e. The Balaban J connectivity index is 2.81. The maximum Gasteiger partial charge on any atom is 0.347 e. The summed E-state index contributed by atoms with van der Waals surface area (Å²) < 4.78 is 15.9. The van der Waals surface area contributed by atoms with Crippen molar-refractivity contribution in [2.24, 2.45) is 0 Å². The number of ether oxygens (including phenoxy) is 3. The van der Waals surface area contributed by atoms with Crippen LogP contribution >= 0.6 is 0 Å². The van der Waals surface area contributed by atoms with Gasteiger partial charge in [0, 0.05) is 12.1 Å². The van der Waals surface area contributed by atoms with Crippen LogP contribution in [0, 0.1) is 0 Å². The highest BCUT2D eigenvalue weighted by molar-refractivity contribution is 5.74. The van der Waals surface area contributed by atoms with Gasteiger partial charge in [-0.3, -0.25) is 0 Å². The fourth-order valence-corrected chi connectivity index (χ4v) is 1.83. The Hall–Kier alpha value is -1.75. The van der Waals surface area contributed by atoms with E-state index < -0.39 is 6.10 Å². The number of hydrogen-bond donors (Lipinski definition) is 1. The molecule has 1 aromatic rings. The van der Waals surface area contributed by atoms with Gasteiger partial charge in [-0.1, -0.05) is 6.92 Å². The van der Waals surface area contributed by atoms with Crippen molar-refractivity contribution in [3.8, 4) is 11.5 Å². The first kappa shape index (κ1) is 17.3. The molecule has 0 heterocycles. The predicted octanol–water partition coefficient (Wildman–Crippen LogP) is 2.53. The zero-order valence-electron chi connectivity index (χ0n) is 13.3. The Kier molecular flexibility index (Phi) is 7.61. The van der Waals surface area contributed by atoms with E-state index >= 15 is 0 Å². The number of carbonyl (C=O) groups is 1. The summed E-state index contributed by atoms with van der Waals surface area (Å²) in [7, 11) is 1.63. The summed E-state index contributed by atoms with van der Waals surface area (Å²) in [5.41, 5.74) is 0.957. The number of carbonyl (C=O) groups excluding carboxylic acids is 1. The van der Waals surface area contributed by atoms with Crippen LogP contribution in [0.25, 0.3) is 0 Å². The van der Waals surface area contributed by atoms with Crippen molar-refractivity contribution in [1.29, 1.82) is 0 Å². The molecule has 0 bridgehead atoms. The Morgan fingerprint density at radius 2 is 2.10 bits per heavy atom. The van der Waals surface area contributed by atoms with Crippen molar-refractivity contribution < 1.29 is 19.0 Å². The third-order valence-electron chi connectivity index (χ3n) is 2.93. The summed E-state index contributed by atoms with van der Waals surface area (Å²) in [6.07, 6.45) is 0.419. The maximum atomic E-state index is 11.7. The first-order chi connectivity index (χ1) is 10.1. The van der Waals surface area contributed by atoms with Gasteiger partial charge in [-0.25, -0.2) is 4.79 Å². The molecule has 5 nitrogen and oxygen atoms in total. The van der Waals surface area contributed by atoms with Gasteiger partial charge in [-0.05, 0) is 45.0 Å². The highest BCUT2D eigenvalue weighted by Crippen LogP contribution is 2.25. The summed E-state index contributed by atoms with van der Waals surface area (Å²) in [6.45, 7) is 7.50. The van der Waals surface area contributed by atoms with E-state index in [4.69, 9.17) is 14.2 Å². The van der Waals surface area contributed by atoms with Crippen molar-refractivity contribution in [2.45, 2.75) is 39.8 Å². The van der Waals surface area contributed by atoms with Crippen LogP contribution in [0.15, 0.2) is 18.2 Å². The van der Waals surface area contributed by atoms with Crippen LogP contribution in [0.5, 0.6) is 11.5 Å². The van der Waals surface area contributed by atoms with Gasteiger partial charge in [0.1, 0.15) is 11.5 Å². The van der Waals surface area contributed by atoms with E-state index in [1.165, 1.54) is 0 Å². The molecule has 0 saturated heterocycles. The van der Waals surface area contributed by atoms with Crippen LogP contribution in [0.1, 0.15) is 32.8 Å². The predicted molar refractivity (Wildman–Crippen MR) is 81.7 cm³/mol. The summed E-state index contributed by atoms with van der Waals surface area (Å²) in [4.78, 5) is 11.7. The summed E-state index contributed by atoms with van der Waals surface area (Å²) in [5, 5.41) is 3.32. The zero-order valence-corrected chi connectivity index (χ0v) is 13.3. The number of nitrogens with one attached hydrogen (secondary N) is 1. The molecular weight excluding hydrogens is 270 g/mol. The molecule has 1 unspecified atom stereocenters. The standard InChI is InChI=1S/C16H25NO4/c1-5-9-17-11-13-10-14(19-4)7-8-15(13)21-12(3)16(18)20-6-2/h7-8,10,12,17H,5-6,9,11H2,1-4H3. The van der Waals surface area contributed by atoms with Gasteiger partial charge >= 0.3 is 5.97 Å². The van der Waals surface area contributed by atoms with Crippen LogP contribution in [-0.2, 0) is 16.1 Å². The Bertz CT molecular complexity index is 448. The molecule has 0 amide bonds. The van der Waals surface area contributed by atoms with E-state index in [0.717, 1.165) is 24.3 Å². The van der Waals surface area contributed by atoms with Crippen LogP contribution < -0.4 is 14.8 Å². The summed E-state index contributed by atoms with van der Waals surface area (Å²) >= 11 is 0. The second kappa shape index (κ2) is 9.23. The van der Waals surface area contributed by atoms with Crippen molar-refractivity contribution in [1.82, 2.24) is 5.32 Å².